The third-order valence-electron chi connectivity index (χ3n) is 3.33. The Morgan fingerprint density at radius 1 is 0.905 bits per heavy atom. The average molecular weight is 296 g/mol. The molecule has 0 heterocycles. The minimum Gasteiger partial charge on any atom is -0.324 e. The van der Waals surface area contributed by atoms with Gasteiger partial charge in [0, 0.05) is 0 Å². The van der Waals surface area contributed by atoms with Gasteiger partial charge in [-0.1, -0.05) is 66.2 Å². The van der Waals surface area contributed by atoms with Gasteiger partial charge in [-0.3, -0.25) is 4.79 Å². The Bertz CT molecular complexity index is 798. The molecule has 0 radical (unpaired) electrons. The zero-order valence-electron chi connectivity index (χ0n) is 11.3. The first-order chi connectivity index (χ1) is 10.2. The first-order valence-electron chi connectivity index (χ1n) is 6.74. The Morgan fingerprint density at radius 2 is 1.62 bits per heavy atom. The molecule has 0 aliphatic carbocycles. The summed E-state index contributed by atoms with van der Waals surface area (Å²) < 4.78 is 0. The molecule has 21 heavy (non-hydrogen) atoms. The van der Waals surface area contributed by atoms with Crippen molar-refractivity contribution in [2.24, 2.45) is 0 Å². The smallest absolute Gasteiger partial charge is 0.228 e. The molecule has 0 saturated carbocycles. The molecule has 3 aromatic rings. The normalized spacial score (nSPS) is 10.5. The molecule has 0 aromatic heterocycles. The fourth-order valence-corrected chi connectivity index (χ4v) is 2.47. The number of rotatable bonds is 3. The Hall–Kier alpha value is -2.32. The predicted molar refractivity (Wildman–Crippen MR) is 87.7 cm³/mol. The predicted octanol–water partition coefficient (Wildman–Crippen LogP) is 4.67. The van der Waals surface area contributed by atoms with Gasteiger partial charge >= 0.3 is 0 Å². The van der Waals surface area contributed by atoms with Gasteiger partial charge in [-0.25, -0.2) is 0 Å². The highest BCUT2D eigenvalue weighted by Gasteiger charge is 2.07. The number of amides is 1. The molecule has 0 aliphatic heterocycles. The molecule has 1 amide bonds. The van der Waals surface area contributed by atoms with E-state index in [0.29, 0.717) is 17.1 Å². The van der Waals surface area contributed by atoms with Crippen LogP contribution in [-0.2, 0) is 11.2 Å². The number of fused-ring (bicyclic) bond motifs is 1. The van der Waals surface area contributed by atoms with Gasteiger partial charge in [0.2, 0.25) is 5.91 Å². The minimum atomic E-state index is -0.0709. The number of nitrogens with one attached hydrogen (secondary N) is 1. The van der Waals surface area contributed by atoms with Crippen molar-refractivity contribution in [3.8, 4) is 0 Å². The largest absolute Gasteiger partial charge is 0.324 e. The van der Waals surface area contributed by atoms with Crippen LogP contribution in [0.15, 0.2) is 66.7 Å². The molecule has 3 aromatic carbocycles. The van der Waals surface area contributed by atoms with E-state index in [4.69, 9.17) is 11.6 Å². The molecular formula is C18H14ClNO. The van der Waals surface area contributed by atoms with Crippen LogP contribution >= 0.6 is 11.6 Å². The maximum atomic E-state index is 12.1. The van der Waals surface area contributed by atoms with E-state index in [1.807, 2.05) is 48.5 Å². The second kappa shape index (κ2) is 5.98. The number of para-hydroxylation sites is 1. The van der Waals surface area contributed by atoms with Crippen molar-refractivity contribution >= 4 is 34.0 Å². The SMILES string of the molecule is O=C(Cc1ccc2ccccc2c1)Nc1ccccc1Cl. The molecule has 3 rings (SSSR count). The Balaban J connectivity index is 1.75. The lowest BCUT2D eigenvalue weighted by Gasteiger charge is -2.07. The van der Waals surface area contributed by atoms with Gasteiger partial charge in [0.15, 0.2) is 0 Å². The van der Waals surface area contributed by atoms with Gasteiger partial charge in [-0.2, -0.15) is 0 Å². The third kappa shape index (κ3) is 3.23. The number of hydrogen-bond donors (Lipinski definition) is 1. The summed E-state index contributed by atoms with van der Waals surface area (Å²) >= 11 is 6.03. The first kappa shape index (κ1) is 13.7. The van der Waals surface area contributed by atoms with E-state index in [9.17, 15) is 4.79 Å². The maximum absolute atomic E-state index is 12.1. The topological polar surface area (TPSA) is 29.1 Å². The summed E-state index contributed by atoms with van der Waals surface area (Å²) in [4.78, 5) is 12.1. The van der Waals surface area contributed by atoms with Crippen LogP contribution < -0.4 is 5.32 Å². The summed E-state index contributed by atoms with van der Waals surface area (Å²) in [6, 6.07) is 21.4. The molecule has 2 nitrogen and oxygen atoms in total. The summed E-state index contributed by atoms with van der Waals surface area (Å²) in [6.07, 6.45) is 0.329. The van der Waals surface area contributed by atoms with Gasteiger partial charge in [0.05, 0.1) is 17.1 Å². The van der Waals surface area contributed by atoms with E-state index in [1.165, 1.54) is 5.39 Å². The van der Waals surface area contributed by atoms with E-state index in [0.717, 1.165) is 10.9 Å². The highest BCUT2D eigenvalue weighted by Crippen LogP contribution is 2.21. The Labute approximate surface area is 128 Å². The van der Waals surface area contributed by atoms with Crippen molar-refractivity contribution in [3.05, 3.63) is 77.3 Å². The summed E-state index contributed by atoms with van der Waals surface area (Å²) in [7, 11) is 0. The van der Waals surface area contributed by atoms with Crippen molar-refractivity contribution in [2.45, 2.75) is 6.42 Å². The van der Waals surface area contributed by atoms with Crippen LogP contribution in [0.1, 0.15) is 5.56 Å². The molecule has 0 fully saturated rings. The van der Waals surface area contributed by atoms with Gasteiger partial charge in [0.25, 0.3) is 0 Å². The number of hydrogen-bond acceptors (Lipinski definition) is 1. The second-order valence-electron chi connectivity index (χ2n) is 4.89. The van der Waals surface area contributed by atoms with E-state index in [2.05, 4.69) is 11.4 Å². The van der Waals surface area contributed by atoms with Gasteiger partial charge < -0.3 is 5.32 Å². The molecule has 0 saturated heterocycles. The van der Waals surface area contributed by atoms with Gasteiger partial charge in [0.1, 0.15) is 0 Å². The monoisotopic (exact) mass is 295 g/mol. The van der Waals surface area contributed by atoms with E-state index in [1.54, 1.807) is 12.1 Å². The van der Waals surface area contributed by atoms with Crippen molar-refractivity contribution in [1.29, 1.82) is 0 Å². The summed E-state index contributed by atoms with van der Waals surface area (Å²) in [5.41, 5.74) is 1.63. The lowest BCUT2D eigenvalue weighted by atomic mass is 10.0. The fourth-order valence-electron chi connectivity index (χ4n) is 2.29. The van der Waals surface area contributed by atoms with Crippen LogP contribution in [0.3, 0.4) is 0 Å². The Morgan fingerprint density at radius 3 is 2.43 bits per heavy atom. The van der Waals surface area contributed by atoms with Crippen LogP contribution in [-0.4, -0.2) is 5.91 Å². The minimum absolute atomic E-state index is 0.0709. The summed E-state index contributed by atoms with van der Waals surface area (Å²) in [5.74, 6) is -0.0709. The van der Waals surface area contributed by atoms with E-state index < -0.39 is 0 Å². The van der Waals surface area contributed by atoms with Crippen LogP contribution in [0, 0.1) is 0 Å². The van der Waals surface area contributed by atoms with E-state index >= 15 is 0 Å². The summed E-state index contributed by atoms with van der Waals surface area (Å²) in [5, 5.41) is 5.69. The zero-order chi connectivity index (χ0) is 14.7. The lowest BCUT2D eigenvalue weighted by molar-refractivity contribution is -0.115. The highest BCUT2D eigenvalue weighted by atomic mass is 35.5. The molecule has 0 bridgehead atoms. The number of anilines is 1. The molecule has 0 atom stereocenters. The molecule has 3 heteroatoms. The van der Waals surface area contributed by atoms with Crippen LogP contribution in [0.2, 0.25) is 5.02 Å². The van der Waals surface area contributed by atoms with Gasteiger partial charge in [-0.15, -0.1) is 0 Å². The number of carbonyl (C=O) groups is 1. The average Bonchev–Trinajstić information content (AvgIpc) is 2.49. The number of benzene rings is 3. The van der Waals surface area contributed by atoms with Crippen LogP contribution in [0.5, 0.6) is 0 Å². The first-order valence-corrected chi connectivity index (χ1v) is 7.12. The standard InChI is InChI=1S/C18H14ClNO/c19-16-7-3-4-8-17(16)20-18(21)12-13-9-10-14-5-1-2-6-15(14)11-13/h1-11H,12H2,(H,20,21). The van der Waals surface area contributed by atoms with Gasteiger partial charge in [-0.05, 0) is 28.5 Å². The molecule has 0 spiro atoms. The molecule has 0 aliphatic rings. The quantitative estimate of drug-likeness (QED) is 0.747. The fraction of sp³-hybridized carbons (Fsp3) is 0.0556. The molecule has 0 unspecified atom stereocenters. The third-order valence-corrected chi connectivity index (χ3v) is 3.66. The van der Waals surface area contributed by atoms with E-state index in [-0.39, 0.29) is 5.91 Å². The van der Waals surface area contributed by atoms with Crippen molar-refractivity contribution < 1.29 is 4.79 Å². The number of carbonyl (C=O) groups excluding carboxylic acids is 1. The highest BCUT2D eigenvalue weighted by molar-refractivity contribution is 6.33. The Kier molecular flexibility index (Phi) is 3.89. The van der Waals surface area contributed by atoms with Crippen molar-refractivity contribution in [1.82, 2.24) is 0 Å². The van der Waals surface area contributed by atoms with Crippen molar-refractivity contribution in [3.63, 3.8) is 0 Å². The lowest BCUT2D eigenvalue weighted by Crippen LogP contribution is -2.14. The van der Waals surface area contributed by atoms with Crippen molar-refractivity contribution in [2.75, 3.05) is 5.32 Å². The molecular weight excluding hydrogens is 282 g/mol. The maximum Gasteiger partial charge on any atom is 0.228 e. The zero-order valence-corrected chi connectivity index (χ0v) is 12.1. The molecule has 1 N–H and O–H groups in total. The molecule has 104 valence electrons. The van der Waals surface area contributed by atoms with Crippen LogP contribution in [0.25, 0.3) is 10.8 Å². The second-order valence-corrected chi connectivity index (χ2v) is 5.29. The summed E-state index contributed by atoms with van der Waals surface area (Å²) in [6.45, 7) is 0. The van der Waals surface area contributed by atoms with Crippen LogP contribution in [0.4, 0.5) is 5.69 Å². The number of halogens is 1.